The number of cyclic esters (lactones) is 1. The topological polar surface area (TPSA) is 66.8 Å². The Labute approximate surface area is 122 Å². The summed E-state index contributed by atoms with van der Waals surface area (Å²) in [6.07, 6.45) is 0.610. The Kier molecular flexibility index (Phi) is 3.52. The van der Waals surface area contributed by atoms with Crippen molar-refractivity contribution >= 4 is 5.97 Å². The number of hydrogen-bond acceptors (Lipinski definition) is 4. The molecule has 21 heavy (non-hydrogen) atoms. The van der Waals surface area contributed by atoms with Crippen LogP contribution in [0.15, 0.2) is 48.5 Å². The molecule has 2 aromatic rings. The highest BCUT2D eigenvalue weighted by molar-refractivity contribution is 5.80. The van der Waals surface area contributed by atoms with E-state index in [0.717, 1.165) is 11.1 Å². The fourth-order valence-corrected chi connectivity index (χ4v) is 2.81. The van der Waals surface area contributed by atoms with Gasteiger partial charge in [-0.05, 0) is 29.7 Å². The number of phenolic OH excluding ortho intramolecular Hbond substituents is 2. The van der Waals surface area contributed by atoms with Crippen molar-refractivity contribution in [2.45, 2.75) is 12.3 Å². The van der Waals surface area contributed by atoms with E-state index in [4.69, 9.17) is 4.74 Å². The summed E-state index contributed by atoms with van der Waals surface area (Å²) in [5.41, 5.74) is 1.82. The van der Waals surface area contributed by atoms with Crippen molar-refractivity contribution in [2.75, 3.05) is 6.61 Å². The minimum Gasteiger partial charge on any atom is -0.504 e. The third-order valence-electron chi connectivity index (χ3n) is 3.86. The van der Waals surface area contributed by atoms with Gasteiger partial charge in [0.1, 0.15) is 0 Å². The third-order valence-corrected chi connectivity index (χ3v) is 3.86. The van der Waals surface area contributed by atoms with Crippen LogP contribution in [-0.4, -0.2) is 22.8 Å². The zero-order valence-corrected chi connectivity index (χ0v) is 11.4. The van der Waals surface area contributed by atoms with Gasteiger partial charge in [0.05, 0.1) is 12.5 Å². The van der Waals surface area contributed by atoms with Crippen molar-refractivity contribution in [3.05, 3.63) is 59.7 Å². The zero-order valence-electron chi connectivity index (χ0n) is 11.4. The lowest BCUT2D eigenvalue weighted by Crippen LogP contribution is -2.16. The zero-order chi connectivity index (χ0) is 14.8. The highest BCUT2D eigenvalue weighted by Crippen LogP contribution is 2.35. The summed E-state index contributed by atoms with van der Waals surface area (Å²) in [5, 5.41) is 18.9. The summed E-state index contributed by atoms with van der Waals surface area (Å²) < 4.78 is 5.21. The number of carbonyl (C=O) groups excluding carboxylic acids is 1. The fourth-order valence-electron chi connectivity index (χ4n) is 2.81. The Hall–Kier alpha value is -2.49. The van der Waals surface area contributed by atoms with Crippen molar-refractivity contribution in [3.63, 3.8) is 0 Å². The number of benzene rings is 2. The van der Waals surface area contributed by atoms with Crippen molar-refractivity contribution in [3.8, 4) is 11.5 Å². The molecule has 1 aliphatic rings. The first-order chi connectivity index (χ1) is 10.1. The fraction of sp³-hybridized carbons (Fsp3) is 0.235. The molecule has 1 heterocycles. The largest absolute Gasteiger partial charge is 0.504 e. The van der Waals surface area contributed by atoms with Gasteiger partial charge in [-0.25, -0.2) is 0 Å². The molecule has 0 aromatic heterocycles. The van der Waals surface area contributed by atoms with E-state index in [0.29, 0.717) is 13.0 Å². The van der Waals surface area contributed by atoms with E-state index < -0.39 is 0 Å². The predicted octanol–water partition coefficient (Wildman–Crippen LogP) is 2.60. The van der Waals surface area contributed by atoms with Gasteiger partial charge in [-0.15, -0.1) is 0 Å². The molecular formula is C17H16O4. The molecule has 108 valence electrons. The van der Waals surface area contributed by atoms with Gasteiger partial charge in [0.15, 0.2) is 11.5 Å². The van der Waals surface area contributed by atoms with Gasteiger partial charge < -0.3 is 14.9 Å². The molecule has 0 aliphatic carbocycles. The number of aromatic hydroxyl groups is 2. The van der Waals surface area contributed by atoms with E-state index in [2.05, 4.69) is 0 Å². The van der Waals surface area contributed by atoms with Crippen LogP contribution in [0.25, 0.3) is 0 Å². The number of phenols is 2. The number of carbonyl (C=O) groups is 1. The maximum Gasteiger partial charge on any atom is 0.313 e. The second kappa shape index (κ2) is 5.48. The second-order valence-corrected chi connectivity index (χ2v) is 5.31. The van der Waals surface area contributed by atoms with E-state index in [1.165, 1.54) is 12.1 Å². The molecule has 1 aliphatic heterocycles. The number of esters is 1. The average Bonchev–Trinajstić information content (AvgIpc) is 2.85. The van der Waals surface area contributed by atoms with Crippen molar-refractivity contribution < 1.29 is 19.7 Å². The molecule has 4 heteroatoms. The van der Waals surface area contributed by atoms with Crippen LogP contribution in [0, 0.1) is 5.92 Å². The first-order valence-electron chi connectivity index (χ1n) is 6.87. The third kappa shape index (κ3) is 2.70. The van der Waals surface area contributed by atoms with Gasteiger partial charge in [-0.2, -0.15) is 0 Å². The predicted molar refractivity (Wildman–Crippen MR) is 77.1 cm³/mol. The van der Waals surface area contributed by atoms with E-state index in [9.17, 15) is 15.0 Å². The minimum absolute atomic E-state index is 0.0313. The Morgan fingerprint density at radius 2 is 1.81 bits per heavy atom. The number of ether oxygens (including phenoxy) is 1. The van der Waals surface area contributed by atoms with Crippen LogP contribution in [0.3, 0.4) is 0 Å². The summed E-state index contributed by atoms with van der Waals surface area (Å²) >= 11 is 0. The van der Waals surface area contributed by atoms with Crippen LogP contribution < -0.4 is 0 Å². The lowest BCUT2D eigenvalue weighted by atomic mass is 9.84. The average molecular weight is 284 g/mol. The number of rotatable bonds is 3. The van der Waals surface area contributed by atoms with Crippen molar-refractivity contribution in [1.29, 1.82) is 0 Å². The molecule has 0 amide bonds. The Morgan fingerprint density at radius 1 is 1.05 bits per heavy atom. The monoisotopic (exact) mass is 284 g/mol. The van der Waals surface area contributed by atoms with Crippen LogP contribution >= 0.6 is 0 Å². The number of hydrogen-bond donors (Lipinski definition) is 2. The van der Waals surface area contributed by atoms with Crippen LogP contribution in [-0.2, 0) is 16.0 Å². The molecule has 1 saturated heterocycles. The SMILES string of the molecule is O=C1OC[C@@H](Cc2ccc(O)c(O)c2)[C@@H]1c1ccccc1. The maximum absolute atomic E-state index is 12.0. The maximum atomic E-state index is 12.0. The molecule has 4 nitrogen and oxygen atoms in total. The van der Waals surface area contributed by atoms with Crippen LogP contribution in [0.4, 0.5) is 0 Å². The highest BCUT2D eigenvalue weighted by atomic mass is 16.5. The van der Waals surface area contributed by atoms with Crippen molar-refractivity contribution in [2.24, 2.45) is 5.92 Å². The second-order valence-electron chi connectivity index (χ2n) is 5.31. The smallest absolute Gasteiger partial charge is 0.313 e. The Balaban J connectivity index is 1.84. The summed E-state index contributed by atoms with van der Waals surface area (Å²) in [5.74, 6) is -0.730. The van der Waals surface area contributed by atoms with E-state index >= 15 is 0 Å². The molecule has 2 atom stereocenters. The molecule has 0 saturated carbocycles. The van der Waals surface area contributed by atoms with E-state index in [1.54, 1.807) is 6.07 Å². The van der Waals surface area contributed by atoms with E-state index in [1.807, 2.05) is 30.3 Å². The van der Waals surface area contributed by atoms with Crippen LogP contribution in [0.5, 0.6) is 11.5 Å². The normalized spacial score (nSPS) is 21.2. The molecule has 0 spiro atoms. The summed E-state index contributed by atoms with van der Waals surface area (Å²) in [4.78, 5) is 12.0. The van der Waals surface area contributed by atoms with Crippen LogP contribution in [0.1, 0.15) is 17.0 Å². The van der Waals surface area contributed by atoms with Crippen molar-refractivity contribution in [1.82, 2.24) is 0 Å². The van der Waals surface area contributed by atoms with E-state index in [-0.39, 0.29) is 29.3 Å². The first-order valence-corrected chi connectivity index (χ1v) is 6.87. The lowest BCUT2D eigenvalue weighted by molar-refractivity contribution is -0.139. The molecule has 1 fully saturated rings. The molecule has 3 rings (SSSR count). The lowest BCUT2D eigenvalue weighted by Gasteiger charge is -2.15. The van der Waals surface area contributed by atoms with Crippen LogP contribution in [0.2, 0.25) is 0 Å². The van der Waals surface area contributed by atoms with Gasteiger partial charge in [-0.3, -0.25) is 4.79 Å². The highest BCUT2D eigenvalue weighted by Gasteiger charge is 2.37. The van der Waals surface area contributed by atoms with Gasteiger partial charge in [0.2, 0.25) is 0 Å². The standard InChI is InChI=1S/C17H16O4/c18-14-7-6-11(9-15(14)19)8-13-10-21-17(20)16(13)12-4-2-1-3-5-12/h1-7,9,13,16,18-19H,8,10H2/t13-,16+/m1/s1. The summed E-state index contributed by atoms with van der Waals surface area (Å²) in [7, 11) is 0. The van der Waals surface area contributed by atoms with Gasteiger partial charge in [0, 0.05) is 5.92 Å². The Morgan fingerprint density at radius 3 is 2.52 bits per heavy atom. The summed E-state index contributed by atoms with van der Waals surface area (Å²) in [6, 6.07) is 14.3. The Bertz CT molecular complexity index is 651. The molecule has 0 radical (unpaired) electrons. The molecular weight excluding hydrogens is 268 g/mol. The quantitative estimate of drug-likeness (QED) is 0.671. The van der Waals surface area contributed by atoms with Gasteiger partial charge in [0.25, 0.3) is 0 Å². The molecule has 0 bridgehead atoms. The summed E-state index contributed by atoms with van der Waals surface area (Å²) in [6.45, 7) is 0.375. The molecule has 2 aromatic carbocycles. The van der Waals surface area contributed by atoms with Gasteiger partial charge >= 0.3 is 5.97 Å². The molecule has 2 N–H and O–H groups in total. The van der Waals surface area contributed by atoms with Gasteiger partial charge in [-0.1, -0.05) is 36.4 Å². The first kappa shape index (κ1) is 13.5. The molecule has 0 unspecified atom stereocenters. The minimum atomic E-state index is -0.276.